The number of hydrogen-bond donors (Lipinski definition) is 1. The van der Waals surface area contributed by atoms with E-state index in [1.165, 1.54) is 12.8 Å². The van der Waals surface area contributed by atoms with Gasteiger partial charge in [-0.2, -0.15) is 0 Å². The van der Waals surface area contributed by atoms with Gasteiger partial charge in [0.2, 0.25) is 5.91 Å². The van der Waals surface area contributed by atoms with Crippen molar-refractivity contribution in [2.75, 3.05) is 26.2 Å². The maximum atomic E-state index is 12.1. The number of likely N-dealkylation sites (tertiary alicyclic amines) is 1. The van der Waals surface area contributed by atoms with Gasteiger partial charge in [0.1, 0.15) is 0 Å². The van der Waals surface area contributed by atoms with Crippen LogP contribution in [0.15, 0.2) is 0 Å². The summed E-state index contributed by atoms with van der Waals surface area (Å²) < 4.78 is 0. The van der Waals surface area contributed by atoms with Crippen molar-refractivity contribution in [3.05, 3.63) is 0 Å². The van der Waals surface area contributed by atoms with Crippen LogP contribution < -0.4 is 5.32 Å². The topological polar surface area (TPSA) is 32.3 Å². The van der Waals surface area contributed by atoms with Gasteiger partial charge in [0.25, 0.3) is 0 Å². The molecule has 17 heavy (non-hydrogen) atoms. The first-order chi connectivity index (χ1) is 7.70. The fourth-order valence-corrected chi connectivity index (χ4v) is 3.08. The molecular formula is C13H25ClN2O. The van der Waals surface area contributed by atoms with Gasteiger partial charge in [-0.05, 0) is 17.8 Å². The van der Waals surface area contributed by atoms with Crippen molar-refractivity contribution in [2.24, 2.45) is 17.8 Å². The van der Waals surface area contributed by atoms with E-state index in [1.54, 1.807) is 0 Å². The normalized spacial score (nSPS) is 28.7. The number of rotatable bonds is 4. The second-order valence-corrected chi connectivity index (χ2v) is 5.58. The molecule has 3 nitrogen and oxygen atoms in total. The van der Waals surface area contributed by atoms with Crippen LogP contribution >= 0.6 is 12.4 Å². The quantitative estimate of drug-likeness (QED) is 0.838. The molecule has 3 atom stereocenters. The molecule has 0 spiro atoms. The SMILES string of the molecule is CCCC(C)CC(=O)N1C[C@H]2CNC[C@H]2C1.Cl. The van der Waals surface area contributed by atoms with Crippen molar-refractivity contribution in [1.29, 1.82) is 0 Å². The van der Waals surface area contributed by atoms with E-state index in [9.17, 15) is 4.79 Å². The van der Waals surface area contributed by atoms with Crippen molar-refractivity contribution >= 4 is 18.3 Å². The molecular weight excluding hydrogens is 236 g/mol. The van der Waals surface area contributed by atoms with Gasteiger partial charge in [0.05, 0.1) is 0 Å². The molecule has 2 aliphatic heterocycles. The minimum Gasteiger partial charge on any atom is -0.342 e. The molecule has 0 aromatic rings. The first-order valence-electron chi connectivity index (χ1n) is 6.69. The molecule has 2 fully saturated rings. The van der Waals surface area contributed by atoms with E-state index in [0.717, 1.165) is 44.4 Å². The van der Waals surface area contributed by atoms with Gasteiger partial charge in [-0.3, -0.25) is 4.79 Å². The summed E-state index contributed by atoms with van der Waals surface area (Å²) in [6.07, 6.45) is 3.11. The van der Waals surface area contributed by atoms with Gasteiger partial charge in [0, 0.05) is 32.6 Å². The van der Waals surface area contributed by atoms with E-state index < -0.39 is 0 Å². The summed E-state index contributed by atoms with van der Waals surface area (Å²) >= 11 is 0. The van der Waals surface area contributed by atoms with Crippen LogP contribution in [0.4, 0.5) is 0 Å². The molecule has 1 amide bonds. The zero-order chi connectivity index (χ0) is 11.5. The lowest BCUT2D eigenvalue weighted by Gasteiger charge is -2.19. The van der Waals surface area contributed by atoms with Crippen LogP contribution in [0.3, 0.4) is 0 Å². The Labute approximate surface area is 111 Å². The molecule has 100 valence electrons. The highest BCUT2D eigenvalue weighted by molar-refractivity contribution is 5.85. The van der Waals surface area contributed by atoms with Crippen LogP contribution in [0.1, 0.15) is 33.1 Å². The van der Waals surface area contributed by atoms with Gasteiger partial charge in [0.15, 0.2) is 0 Å². The lowest BCUT2D eigenvalue weighted by molar-refractivity contribution is -0.131. The van der Waals surface area contributed by atoms with E-state index in [-0.39, 0.29) is 12.4 Å². The molecule has 0 aromatic heterocycles. The van der Waals surface area contributed by atoms with Crippen LogP contribution in [-0.2, 0) is 4.79 Å². The van der Waals surface area contributed by atoms with Gasteiger partial charge in [-0.25, -0.2) is 0 Å². The minimum absolute atomic E-state index is 0. The fourth-order valence-electron chi connectivity index (χ4n) is 3.08. The minimum atomic E-state index is 0. The maximum Gasteiger partial charge on any atom is 0.222 e. The second-order valence-electron chi connectivity index (χ2n) is 5.58. The van der Waals surface area contributed by atoms with Crippen molar-refractivity contribution in [3.63, 3.8) is 0 Å². The molecule has 4 heteroatoms. The van der Waals surface area contributed by atoms with E-state index in [2.05, 4.69) is 24.1 Å². The van der Waals surface area contributed by atoms with Gasteiger partial charge >= 0.3 is 0 Å². The number of fused-ring (bicyclic) bond motifs is 1. The Kier molecular flexibility index (Phi) is 5.74. The summed E-state index contributed by atoms with van der Waals surface area (Å²) in [5.41, 5.74) is 0. The molecule has 0 radical (unpaired) electrons. The summed E-state index contributed by atoms with van der Waals surface area (Å²) in [6, 6.07) is 0. The molecule has 2 heterocycles. The molecule has 0 aliphatic carbocycles. The van der Waals surface area contributed by atoms with Crippen molar-refractivity contribution < 1.29 is 4.79 Å². The van der Waals surface area contributed by atoms with Gasteiger partial charge in [-0.15, -0.1) is 12.4 Å². The Morgan fingerprint density at radius 1 is 1.35 bits per heavy atom. The number of amides is 1. The molecule has 1 unspecified atom stereocenters. The number of carbonyl (C=O) groups excluding carboxylic acids is 1. The van der Waals surface area contributed by atoms with Crippen molar-refractivity contribution in [3.8, 4) is 0 Å². The average molecular weight is 261 g/mol. The molecule has 2 saturated heterocycles. The predicted molar refractivity (Wildman–Crippen MR) is 72.4 cm³/mol. The molecule has 0 bridgehead atoms. The monoisotopic (exact) mass is 260 g/mol. The van der Waals surface area contributed by atoms with Crippen LogP contribution in [0.5, 0.6) is 0 Å². The third-order valence-electron chi connectivity index (χ3n) is 4.05. The van der Waals surface area contributed by atoms with Crippen LogP contribution in [0.2, 0.25) is 0 Å². The smallest absolute Gasteiger partial charge is 0.222 e. The highest BCUT2D eigenvalue weighted by Crippen LogP contribution is 2.27. The summed E-state index contributed by atoms with van der Waals surface area (Å²) in [5, 5.41) is 3.41. The van der Waals surface area contributed by atoms with Crippen LogP contribution in [0, 0.1) is 17.8 Å². The van der Waals surface area contributed by atoms with Gasteiger partial charge in [-0.1, -0.05) is 26.7 Å². The second kappa shape index (κ2) is 6.60. The largest absolute Gasteiger partial charge is 0.342 e. The summed E-state index contributed by atoms with van der Waals surface area (Å²) in [7, 11) is 0. The summed E-state index contributed by atoms with van der Waals surface area (Å²) in [6.45, 7) is 8.59. The van der Waals surface area contributed by atoms with E-state index in [1.807, 2.05) is 0 Å². The zero-order valence-corrected chi connectivity index (χ0v) is 11.8. The average Bonchev–Trinajstić information content (AvgIpc) is 2.76. The predicted octanol–water partition coefficient (Wildman–Crippen LogP) is 1.91. The highest BCUT2D eigenvalue weighted by Gasteiger charge is 2.37. The third-order valence-corrected chi connectivity index (χ3v) is 4.05. The van der Waals surface area contributed by atoms with Crippen molar-refractivity contribution in [1.82, 2.24) is 10.2 Å². The Morgan fingerprint density at radius 2 is 1.94 bits per heavy atom. The van der Waals surface area contributed by atoms with Crippen LogP contribution in [-0.4, -0.2) is 37.0 Å². The third kappa shape index (κ3) is 3.59. The Balaban J connectivity index is 0.00000144. The van der Waals surface area contributed by atoms with Crippen LogP contribution in [0.25, 0.3) is 0 Å². The molecule has 0 saturated carbocycles. The van der Waals surface area contributed by atoms with E-state index >= 15 is 0 Å². The highest BCUT2D eigenvalue weighted by atomic mass is 35.5. The number of nitrogens with zero attached hydrogens (tertiary/aromatic N) is 1. The Hall–Kier alpha value is -0.280. The lowest BCUT2D eigenvalue weighted by atomic mass is 10.0. The first-order valence-corrected chi connectivity index (χ1v) is 6.69. The number of halogens is 1. The fraction of sp³-hybridized carbons (Fsp3) is 0.923. The summed E-state index contributed by atoms with van der Waals surface area (Å²) in [4.78, 5) is 14.2. The number of carbonyl (C=O) groups is 1. The first kappa shape index (κ1) is 14.8. The zero-order valence-electron chi connectivity index (χ0n) is 10.9. The Bertz CT molecular complexity index is 248. The van der Waals surface area contributed by atoms with Crippen molar-refractivity contribution in [2.45, 2.75) is 33.1 Å². The molecule has 1 N–H and O–H groups in total. The van der Waals surface area contributed by atoms with E-state index in [0.29, 0.717) is 11.8 Å². The molecule has 0 aromatic carbocycles. The molecule has 2 rings (SSSR count). The van der Waals surface area contributed by atoms with Gasteiger partial charge < -0.3 is 10.2 Å². The number of nitrogens with one attached hydrogen (secondary N) is 1. The standard InChI is InChI=1S/C13H24N2O.ClH/c1-3-4-10(2)5-13(16)15-8-11-6-14-7-12(11)9-15;/h10-12,14H,3-9H2,1-2H3;1H/t10?,11-,12+;. The van der Waals surface area contributed by atoms with E-state index in [4.69, 9.17) is 0 Å². The number of hydrogen-bond acceptors (Lipinski definition) is 2. The lowest BCUT2D eigenvalue weighted by Crippen LogP contribution is -2.32. The summed E-state index contributed by atoms with van der Waals surface area (Å²) in [5.74, 6) is 2.39. The Morgan fingerprint density at radius 3 is 2.47 bits per heavy atom. The maximum absolute atomic E-state index is 12.1. The molecule has 2 aliphatic rings.